The summed E-state index contributed by atoms with van der Waals surface area (Å²) in [5.41, 5.74) is 0.762. The standard InChI is InChI=1S/C14H16BrNO5/c1-3-20-14(19)8-21-13-5-4-10(12(18)7-15)6-11(13)16-9(2)17/h4-6H,3,7-8H2,1-2H3,(H,16,17). The van der Waals surface area contributed by atoms with E-state index in [9.17, 15) is 14.4 Å². The molecule has 0 spiro atoms. The molecule has 1 N–H and O–H groups in total. The molecule has 0 unspecified atom stereocenters. The van der Waals surface area contributed by atoms with Gasteiger partial charge in [0, 0.05) is 12.5 Å². The van der Waals surface area contributed by atoms with Gasteiger partial charge in [-0.05, 0) is 25.1 Å². The van der Waals surface area contributed by atoms with Gasteiger partial charge < -0.3 is 14.8 Å². The molecule has 0 aliphatic heterocycles. The number of hydrogen-bond donors (Lipinski definition) is 1. The van der Waals surface area contributed by atoms with Crippen LogP contribution in [0.5, 0.6) is 5.75 Å². The minimum absolute atomic E-state index is 0.126. The van der Waals surface area contributed by atoms with Crippen LogP contribution in [0.15, 0.2) is 18.2 Å². The first-order valence-corrected chi connectivity index (χ1v) is 7.39. The second-order valence-electron chi connectivity index (χ2n) is 4.04. The van der Waals surface area contributed by atoms with Gasteiger partial charge in [-0.15, -0.1) is 0 Å². The third kappa shape index (κ3) is 5.55. The smallest absolute Gasteiger partial charge is 0.344 e. The molecule has 114 valence electrons. The molecule has 0 radical (unpaired) electrons. The second kappa shape index (κ2) is 8.41. The lowest BCUT2D eigenvalue weighted by atomic mass is 10.1. The van der Waals surface area contributed by atoms with Crippen molar-refractivity contribution in [2.75, 3.05) is 23.9 Å². The minimum Gasteiger partial charge on any atom is -0.480 e. The molecule has 7 heteroatoms. The number of carbonyl (C=O) groups is 3. The van der Waals surface area contributed by atoms with Crippen molar-refractivity contribution in [3.05, 3.63) is 23.8 Å². The molecular formula is C14H16BrNO5. The third-order valence-electron chi connectivity index (χ3n) is 2.38. The highest BCUT2D eigenvalue weighted by atomic mass is 79.9. The van der Waals surface area contributed by atoms with E-state index in [0.29, 0.717) is 17.0 Å². The molecule has 0 aromatic heterocycles. The number of benzene rings is 1. The molecule has 1 aromatic carbocycles. The van der Waals surface area contributed by atoms with Gasteiger partial charge in [0.05, 0.1) is 17.6 Å². The van der Waals surface area contributed by atoms with Crippen molar-refractivity contribution in [2.45, 2.75) is 13.8 Å². The van der Waals surface area contributed by atoms with Gasteiger partial charge in [0.25, 0.3) is 0 Å². The molecule has 0 bridgehead atoms. The van der Waals surface area contributed by atoms with Crippen LogP contribution in [0.25, 0.3) is 0 Å². The van der Waals surface area contributed by atoms with E-state index in [-0.39, 0.29) is 30.2 Å². The third-order valence-corrected chi connectivity index (χ3v) is 2.89. The first kappa shape index (κ1) is 17.2. The van der Waals surface area contributed by atoms with Gasteiger partial charge in [0.1, 0.15) is 5.75 Å². The first-order valence-electron chi connectivity index (χ1n) is 6.27. The van der Waals surface area contributed by atoms with Gasteiger partial charge in [-0.25, -0.2) is 4.79 Å². The van der Waals surface area contributed by atoms with E-state index in [1.165, 1.54) is 19.1 Å². The van der Waals surface area contributed by atoms with E-state index < -0.39 is 5.97 Å². The van der Waals surface area contributed by atoms with Crippen LogP contribution in [0.1, 0.15) is 24.2 Å². The summed E-state index contributed by atoms with van der Waals surface area (Å²) in [5.74, 6) is -0.644. The van der Waals surface area contributed by atoms with Crippen molar-refractivity contribution >= 4 is 39.3 Å². The average molecular weight is 358 g/mol. The molecule has 21 heavy (non-hydrogen) atoms. The zero-order valence-corrected chi connectivity index (χ0v) is 13.4. The van der Waals surface area contributed by atoms with E-state index >= 15 is 0 Å². The molecule has 0 aliphatic carbocycles. The Morgan fingerprint density at radius 1 is 1.29 bits per heavy atom. The number of Topliss-reactive ketones (excluding diaryl/α,β-unsaturated/α-hetero) is 1. The Kier molecular flexibility index (Phi) is 6.87. The van der Waals surface area contributed by atoms with Crippen LogP contribution < -0.4 is 10.1 Å². The number of anilines is 1. The van der Waals surface area contributed by atoms with Gasteiger partial charge in [-0.1, -0.05) is 15.9 Å². The molecule has 1 amide bonds. The zero-order chi connectivity index (χ0) is 15.8. The number of ketones is 1. The largest absolute Gasteiger partial charge is 0.480 e. The fourth-order valence-corrected chi connectivity index (χ4v) is 1.86. The first-order chi connectivity index (χ1) is 9.97. The van der Waals surface area contributed by atoms with Crippen LogP contribution in [-0.4, -0.2) is 36.2 Å². The lowest BCUT2D eigenvalue weighted by Crippen LogP contribution is -2.16. The Bertz CT molecular complexity index is 544. The normalized spacial score (nSPS) is 9.86. The molecule has 0 atom stereocenters. The SMILES string of the molecule is CCOC(=O)COc1ccc(C(=O)CBr)cc1NC(C)=O. The van der Waals surface area contributed by atoms with Crippen molar-refractivity contribution < 1.29 is 23.9 Å². The maximum absolute atomic E-state index is 11.6. The number of carbonyl (C=O) groups excluding carboxylic acids is 3. The number of amides is 1. The summed E-state index contributed by atoms with van der Waals surface area (Å²) in [7, 11) is 0. The molecule has 0 aliphatic rings. The molecule has 0 heterocycles. The van der Waals surface area contributed by atoms with Gasteiger partial charge >= 0.3 is 5.97 Å². The topological polar surface area (TPSA) is 81.7 Å². The summed E-state index contributed by atoms with van der Waals surface area (Å²) in [4.78, 5) is 34.1. The van der Waals surface area contributed by atoms with Crippen LogP contribution in [0.4, 0.5) is 5.69 Å². The maximum atomic E-state index is 11.6. The Balaban J connectivity index is 2.93. The summed E-state index contributed by atoms with van der Waals surface area (Å²) in [6, 6.07) is 4.60. The zero-order valence-electron chi connectivity index (χ0n) is 11.8. The molecule has 1 aromatic rings. The monoisotopic (exact) mass is 357 g/mol. The number of rotatable bonds is 7. The van der Waals surface area contributed by atoms with Crippen LogP contribution in [0, 0.1) is 0 Å². The highest BCUT2D eigenvalue weighted by Gasteiger charge is 2.12. The summed E-state index contributed by atoms with van der Waals surface area (Å²) >= 11 is 3.08. The maximum Gasteiger partial charge on any atom is 0.344 e. The van der Waals surface area contributed by atoms with Gasteiger partial charge in [-0.2, -0.15) is 0 Å². The number of hydrogen-bond acceptors (Lipinski definition) is 5. The van der Waals surface area contributed by atoms with E-state index in [0.717, 1.165) is 0 Å². The Hall–Kier alpha value is -1.89. The molecule has 6 nitrogen and oxygen atoms in total. The van der Waals surface area contributed by atoms with Gasteiger partial charge in [0.15, 0.2) is 12.4 Å². The van der Waals surface area contributed by atoms with Gasteiger partial charge in [0.2, 0.25) is 5.91 Å². The van der Waals surface area contributed by atoms with Crippen molar-refractivity contribution in [1.82, 2.24) is 0 Å². The van der Waals surface area contributed by atoms with Crippen LogP contribution in [-0.2, 0) is 14.3 Å². The number of nitrogens with one attached hydrogen (secondary N) is 1. The highest BCUT2D eigenvalue weighted by molar-refractivity contribution is 9.09. The number of esters is 1. The fourth-order valence-electron chi connectivity index (χ4n) is 1.53. The van der Waals surface area contributed by atoms with Crippen LogP contribution >= 0.6 is 15.9 Å². The van der Waals surface area contributed by atoms with E-state index in [1.807, 2.05) is 0 Å². The van der Waals surface area contributed by atoms with Crippen molar-refractivity contribution in [3.8, 4) is 5.75 Å². The Morgan fingerprint density at radius 3 is 2.57 bits per heavy atom. The number of halogens is 1. The minimum atomic E-state index is -0.508. The Labute approximate surface area is 130 Å². The summed E-state index contributed by atoms with van der Waals surface area (Å²) in [6.45, 7) is 3.03. The summed E-state index contributed by atoms with van der Waals surface area (Å²) in [6.07, 6.45) is 0. The lowest BCUT2D eigenvalue weighted by molar-refractivity contribution is -0.145. The second-order valence-corrected chi connectivity index (χ2v) is 4.60. The highest BCUT2D eigenvalue weighted by Crippen LogP contribution is 2.26. The average Bonchev–Trinajstić information content (AvgIpc) is 2.44. The number of ether oxygens (including phenoxy) is 2. The van der Waals surface area contributed by atoms with E-state index in [4.69, 9.17) is 9.47 Å². The fraction of sp³-hybridized carbons (Fsp3) is 0.357. The Morgan fingerprint density at radius 2 is 2.00 bits per heavy atom. The molecule has 1 rings (SSSR count). The van der Waals surface area contributed by atoms with Crippen LogP contribution in [0.3, 0.4) is 0 Å². The number of alkyl halides is 1. The summed E-state index contributed by atoms with van der Waals surface area (Å²) < 4.78 is 10.1. The lowest BCUT2D eigenvalue weighted by Gasteiger charge is -2.12. The molecule has 0 fully saturated rings. The summed E-state index contributed by atoms with van der Waals surface area (Å²) in [5, 5.41) is 2.74. The van der Waals surface area contributed by atoms with Crippen molar-refractivity contribution in [1.29, 1.82) is 0 Å². The predicted octanol–water partition coefficient (Wildman–Crippen LogP) is 2.16. The quantitative estimate of drug-likeness (QED) is 0.459. The van der Waals surface area contributed by atoms with E-state index in [1.54, 1.807) is 13.0 Å². The predicted molar refractivity (Wildman–Crippen MR) is 81.0 cm³/mol. The van der Waals surface area contributed by atoms with Gasteiger partial charge in [-0.3, -0.25) is 9.59 Å². The van der Waals surface area contributed by atoms with Crippen LogP contribution in [0.2, 0.25) is 0 Å². The van der Waals surface area contributed by atoms with Crippen molar-refractivity contribution in [3.63, 3.8) is 0 Å². The van der Waals surface area contributed by atoms with E-state index in [2.05, 4.69) is 21.2 Å². The van der Waals surface area contributed by atoms with Crippen molar-refractivity contribution in [2.24, 2.45) is 0 Å². The molecule has 0 saturated heterocycles. The molecular weight excluding hydrogens is 342 g/mol. The molecule has 0 saturated carbocycles.